The third-order valence-electron chi connectivity index (χ3n) is 6.75. The molecule has 0 spiro atoms. The van der Waals surface area contributed by atoms with E-state index >= 15 is 0 Å². The van der Waals surface area contributed by atoms with E-state index in [1.54, 1.807) is 11.0 Å². The topological polar surface area (TPSA) is 83.7 Å². The number of hydrogen-bond donors (Lipinski definition) is 2. The minimum atomic E-state index is -0.643. The third-order valence-corrected chi connectivity index (χ3v) is 6.75. The van der Waals surface area contributed by atoms with E-state index in [4.69, 9.17) is 9.47 Å². The first-order chi connectivity index (χ1) is 17.2. The van der Waals surface area contributed by atoms with Crippen LogP contribution in [0.15, 0.2) is 72.9 Å². The van der Waals surface area contributed by atoms with Crippen LogP contribution in [0.5, 0.6) is 11.5 Å². The zero-order chi connectivity index (χ0) is 23.8. The number of fused-ring (bicyclic) bond motifs is 3. The van der Waals surface area contributed by atoms with Crippen molar-refractivity contribution in [2.45, 2.75) is 18.9 Å². The zero-order valence-corrected chi connectivity index (χ0v) is 19.1. The van der Waals surface area contributed by atoms with Gasteiger partial charge in [0.05, 0.1) is 0 Å². The SMILES string of the molecule is O=C(NCCc1c[nH]c2ccccc12)C1c2ccccc2C(=O)N1CCc1ccc2c(c1)OCO2. The molecule has 1 aromatic heterocycles. The number of carbonyl (C=O) groups excluding carboxylic acids is 2. The van der Waals surface area contributed by atoms with Crippen LogP contribution in [0.4, 0.5) is 0 Å². The summed E-state index contributed by atoms with van der Waals surface area (Å²) in [4.78, 5) is 31.5. The molecule has 3 aromatic carbocycles. The van der Waals surface area contributed by atoms with Crippen LogP contribution in [0.3, 0.4) is 0 Å². The van der Waals surface area contributed by atoms with Gasteiger partial charge in [-0.1, -0.05) is 42.5 Å². The molecule has 176 valence electrons. The summed E-state index contributed by atoms with van der Waals surface area (Å²) >= 11 is 0. The molecule has 35 heavy (non-hydrogen) atoms. The minimum Gasteiger partial charge on any atom is -0.454 e. The number of H-pyrrole nitrogens is 1. The Morgan fingerprint density at radius 1 is 1.00 bits per heavy atom. The molecule has 7 heteroatoms. The molecule has 0 bridgehead atoms. The molecule has 4 aromatic rings. The molecule has 1 unspecified atom stereocenters. The lowest BCUT2D eigenvalue weighted by Gasteiger charge is -2.25. The Labute approximate surface area is 202 Å². The number of benzene rings is 3. The highest BCUT2D eigenvalue weighted by Crippen LogP contribution is 2.35. The minimum absolute atomic E-state index is 0.113. The number of carbonyl (C=O) groups is 2. The largest absolute Gasteiger partial charge is 0.454 e. The normalized spacial score (nSPS) is 16.1. The molecule has 0 radical (unpaired) electrons. The Balaban J connectivity index is 1.17. The fourth-order valence-electron chi connectivity index (χ4n) is 4.98. The summed E-state index contributed by atoms with van der Waals surface area (Å²) < 4.78 is 10.9. The number of hydrogen-bond acceptors (Lipinski definition) is 4. The van der Waals surface area contributed by atoms with Crippen LogP contribution in [0.25, 0.3) is 10.9 Å². The number of aromatic nitrogens is 1. The number of aromatic amines is 1. The van der Waals surface area contributed by atoms with Crippen molar-refractivity contribution in [1.29, 1.82) is 0 Å². The van der Waals surface area contributed by atoms with E-state index in [0.717, 1.165) is 33.3 Å². The Hall–Kier alpha value is -4.26. The van der Waals surface area contributed by atoms with Gasteiger partial charge >= 0.3 is 0 Å². The Kier molecular flexibility index (Phi) is 5.37. The van der Waals surface area contributed by atoms with Crippen LogP contribution in [0.1, 0.15) is 33.1 Å². The molecular weight excluding hydrogens is 442 g/mol. The van der Waals surface area contributed by atoms with E-state index in [2.05, 4.69) is 16.4 Å². The second-order valence-electron chi connectivity index (χ2n) is 8.83. The van der Waals surface area contributed by atoms with Gasteiger partial charge in [-0.25, -0.2) is 0 Å². The maximum atomic E-state index is 13.4. The number of para-hydroxylation sites is 1. The number of nitrogens with one attached hydrogen (secondary N) is 2. The van der Waals surface area contributed by atoms with Crippen LogP contribution in [0, 0.1) is 0 Å². The summed E-state index contributed by atoms with van der Waals surface area (Å²) in [5.74, 6) is 1.17. The van der Waals surface area contributed by atoms with E-state index in [1.807, 2.05) is 60.8 Å². The van der Waals surface area contributed by atoms with Crippen LogP contribution in [-0.2, 0) is 17.6 Å². The molecule has 6 rings (SSSR count). The molecule has 2 N–H and O–H groups in total. The Morgan fingerprint density at radius 3 is 2.77 bits per heavy atom. The summed E-state index contributed by atoms with van der Waals surface area (Å²) in [6, 6.07) is 20.6. The van der Waals surface area contributed by atoms with Crippen molar-refractivity contribution in [2.75, 3.05) is 19.9 Å². The number of rotatable bonds is 7. The van der Waals surface area contributed by atoms with Crippen LogP contribution in [-0.4, -0.2) is 41.6 Å². The average molecular weight is 468 g/mol. The van der Waals surface area contributed by atoms with Crippen LogP contribution >= 0.6 is 0 Å². The van der Waals surface area contributed by atoms with Gasteiger partial charge in [0.15, 0.2) is 11.5 Å². The van der Waals surface area contributed by atoms with Crippen molar-refractivity contribution < 1.29 is 19.1 Å². The van der Waals surface area contributed by atoms with E-state index in [9.17, 15) is 9.59 Å². The fourth-order valence-corrected chi connectivity index (χ4v) is 4.98. The molecule has 2 amide bonds. The first-order valence-electron chi connectivity index (χ1n) is 11.8. The van der Waals surface area contributed by atoms with E-state index in [-0.39, 0.29) is 18.6 Å². The average Bonchev–Trinajstić information content (AvgIpc) is 3.59. The summed E-state index contributed by atoms with van der Waals surface area (Å²) in [5.41, 5.74) is 4.61. The lowest BCUT2D eigenvalue weighted by Crippen LogP contribution is -2.40. The second-order valence-corrected chi connectivity index (χ2v) is 8.83. The summed E-state index contributed by atoms with van der Waals surface area (Å²) in [6.07, 6.45) is 3.30. The molecule has 3 heterocycles. The van der Waals surface area contributed by atoms with E-state index in [0.29, 0.717) is 37.2 Å². The van der Waals surface area contributed by atoms with Gasteiger partial charge in [0.1, 0.15) is 6.04 Å². The van der Waals surface area contributed by atoms with Crippen molar-refractivity contribution in [3.63, 3.8) is 0 Å². The molecule has 0 saturated carbocycles. The molecular formula is C28H25N3O4. The summed E-state index contributed by atoms with van der Waals surface area (Å²) in [6.45, 7) is 1.14. The predicted octanol–water partition coefficient (Wildman–Crippen LogP) is 4.00. The first-order valence-corrected chi connectivity index (χ1v) is 11.8. The van der Waals surface area contributed by atoms with Crippen molar-refractivity contribution in [2.24, 2.45) is 0 Å². The predicted molar refractivity (Wildman–Crippen MR) is 132 cm³/mol. The molecule has 2 aliphatic rings. The Morgan fingerprint density at radius 2 is 1.83 bits per heavy atom. The highest BCUT2D eigenvalue weighted by atomic mass is 16.7. The second kappa shape index (κ2) is 8.83. The fraction of sp³-hybridized carbons (Fsp3) is 0.214. The highest BCUT2D eigenvalue weighted by molar-refractivity contribution is 6.04. The monoisotopic (exact) mass is 467 g/mol. The van der Waals surface area contributed by atoms with Gasteiger partial charge < -0.3 is 24.7 Å². The van der Waals surface area contributed by atoms with Gasteiger partial charge in [-0.2, -0.15) is 0 Å². The molecule has 0 fully saturated rings. The van der Waals surface area contributed by atoms with Crippen LogP contribution in [0.2, 0.25) is 0 Å². The molecule has 1 atom stereocenters. The molecule has 7 nitrogen and oxygen atoms in total. The lowest BCUT2D eigenvalue weighted by atomic mass is 10.0. The van der Waals surface area contributed by atoms with E-state index in [1.165, 1.54) is 0 Å². The van der Waals surface area contributed by atoms with Gasteiger partial charge in [0.25, 0.3) is 5.91 Å². The first kappa shape index (κ1) is 21.3. The van der Waals surface area contributed by atoms with Crippen LogP contribution < -0.4 is 14.8 Å². The maximum absolute atomic E-state index is 13.4. The molecule has 0 saturated heterocycles. The third kappa shape index (κ3) is 3.89. The van der Waals surface area contributed by atoms with Gasteiger partial charge in [0, 0.05) is 35.8 Å². The van der Waals surface area contributed by atoms with E-state index < -0.39 is 6.04 Å². The van der Waals surface area contributed by atoms with Crippen molar-refractivity contribution in [3.8, 4) is 11.5 Å². The zero-order valence-electron chi connectivity index (χ0n) is 19.1. The van der Waals surface area contributed by atoms with Gasteiger partial charge in [0.2, 0.25) is 12.7 Å². The van der Waals surface area contributed by atoms with Crippen molar-refractivity contribution >= 4 is 22.7 Å². The standard InChI is InChI=1S/C28H25N3O4/c32-27(29-13-11-19-16-30-23-8-4-3-5-20(19)23)26-21-6-1-2-7-22(21)28(33)31(26)14-12-18-9-10-24-25(15-18)35-17-34-24/h1-10,15-16,26,30H,11-14,17H2,(H,29,32). The Bertz CT molecular complexity index is 1430. The lowest BCUT2D eigenvalue weighted by molar-refractivity contribution is -0.125. The maximum Gasteiger partial charge on any atom is 0.255 e. The van der Waals surface area contributed by atoms with Gasteiger partial charge in [-0.15, -0.1) is 0 Å². The number of ether oxygens (including phenoxy) is 2. The number of nitrogens with zero attached hydrogens (tertiary/aromatic N) is 1. The smallest absolute Gasteiger partial charge is 0.255 e. The van der Waals surface area contributed by atoms with Crippen molar-refractivity contribution in [3.05, 3.63) is 95.2 Å². The summed E-state index contributed by atoms with van der Waals surface area (Å²) in [7, 11) is 0. The highest BCUT2D eigenvalue weighted by Gasteiger charge is 2.40. The summed E-state index contributed by atoms with van der Waals surface area (Å²) in [5, 5.41) is 4.23. The van der Waals surface area contributed by atoms with Gasteiger partial charge in [-0.05, 0) is 53.8 Å². The quantitative estimate of drug-likeness (QED) is 0.431. The number of amides is 2. The molecule has 0 aliphatic carbocycles. The van der Waals surface area contributed by atoms with Crippen molar-refractivity contribution in [1.82, 2.24) is 15.2 Å². The molecule has 2 aliphatic heterocycles. The van der Waals surface area contributed by atoms with Gasteiger partial charge in [-0.3, -0.25) is 9.59 Å².